The Balaban J connectivity index is 1.55. The molecule has 1 amide bonds. The summed E-state index contributed by atoms with van der Waals surface area (Å²) in [6.07, 6.45) is 0. The minimum absolute atomic E-state index is 0.0393. The topological polar surface area (TPSA) is 46.2 Å². The lowest BCUT2D eigenvalue weighted by Crippen LogP contribution is -2.12. The van der Waals surface area contributed by atoms with Crippen LogP contribution in [0.1, 0.15) is 26.3 Å². The average molecular weight is 351 g/mol. The molecule has 0 bridgehead atoms. The van der Waals surface area contributed by atoms with Gasteiger partial charge in [0.1, 0.15) is 0 Å². The van der Waals surface area contributed by atoms with Crippen LogP contribution in [0.25, 0.3) is 10.8 Å². The Bertz CT molecular complexity index is 1110. The highest BCUT2D eigenvalue weighted by Crippen LogP contribution is 2.20. The number of hydrogen-bond acceptors (Lipinski definition) is 2. The van der Waals surface area contributed by atoms with Crippen molar-refractivity contribution >= 4 is 28.2 Å². The van der Waals surface area contributed by atoms with E-state index in [0.717, 1.165) is 10.8 Å². The van der Waals surface area contributed by atoms with Crippen molar-refractivity contribution in [1.82, 2.24) is 0 Å². The summed E-state index contributed by atoms with van der Waals surface area (Å²) in [4.78, 5) is 25.2. The highest BCUT2D eigenvalue weighted by atomic mass is 16.1. The predicted molar refractivity (Wildman–Crippen MR) is 108 cm³/mol. The van der Waals surface area contributed by atoms with Crippen molar-refractivity contribution in [3.05, 3.63) is 114 Å². The van der Waals surface area contributed by atoms with Crippen molar-refractivity contribution in [2.75, 3.05) is 5.32 Å². The first-order chi connectivity index (χ1) is 13.2. The number of carbonyl (C=O) groups excluding carboxylic acids is 2. The van der Waals surface area contributed by atoms with Gasteiger partial charge in [0, 0.05) is 22.4 Å². The molecule has 27 heavy (non-hydrogen) atoms. The quantitative estimate of drug-likeness (QED) is 0.506. The van der Waals surface area contributed by atoms with Gasteiger partial charge in [0.05, 0.1) is 0 Å². The standard InChI is InChI=1S/C24H17NO2/c26-23(18-8-2-1-3-9-18)19-13-15-20(16-14-19)25-24(27)22-12-6-10-17-7-4-5-11-21(17)22/h1-16H,(H,25,27). The maximum Gasteiger partial charge on any atom is 0.256 e. The molecule has 0 aliphatic carbocycles. The molecule has 0 aliphatic heterocycles. The smallest absolute Gasteiger partial charge is 0.256 e. The molecule has 0 unspecified atom stereocenters. The number of benzene rings is 4. The number of anilines is 1. The van der Waals surface area contributed by atoms with Crippen LogP contribution in [0, 0.1) is 0 Å². The van der Waals surface area contributed by atoms with E-state index >= 15 is 0 Å². The van der Waals surface area contributed by atoms with Crippen LogP contribution >= 0.6 is 0 Å². The van der Waals surface area contributed by atoms with Crippen LogP contribution in [0.15, 0.2) is 97.1 Å². The van der Waals surface area contributed by atoms with Crippen molar-refractivity contribution in [2.24, 2.45) is 0 Å². The third-order valence-corrected chi connectivity index (χ3v) is 4.48. The first-order valence-corrected chi connectivity index (χ1v) is 8.71. The van der Waals surface area contributed by atoms with Gasteiger partial charge < -0.3 is 5.32 Å². The number of nitrogens with one attached hydrogen (secondary N) is 1. The van der Waals surface area contributed by atoms with Crippen LogP contribution in [0.5, 0.6) is 0 Å². The number of fused-ring (bicyclic) bond motifs is 1. The summed E-state index contributed by atoms with van der Waals surface area (Å²) in [6.45, 7) is 0. The lowest BCUT2D eigenvalue weighted by molar-refractivity contribution is 0.102. The SMILES string of the molecule is O=C(c1ccccc1)c1ccc(NC(=O)c2cccc3ccccc23)cc1. The molecule has 4 rings (SSSR count). The molecule has 0 aromatic heterocycles. The van der Waals surface area contributed by atoms with E-state index in [-0.39, 0.29) is 11.7 Å². The maximum absolute atomic E-state index is 12.7. The minimum atomic E-state index is -0.172. The lowest BCUT2D eigenvalue weighted by atomic mass is 10.0. The van der Waals surface area contributed by atoms with Crippen LogP contribution in [-0.4, -0.2) is 11.7 Å². The van der Waals surface area contributed by atoms with Gasteiger partial charge in [0.15, 0.2) is 5.78 Å². The van der Waals surface area contributed by atoms with Gasteiger partial charge >= 0.3 is 0 Å². The molecule has 4 aromatic carbocycles. The molecule has 0 saturated carbocycles. The molecule has 3 nitrogen and oxygen atoms in total. The second-order valence-corrected chi connectivity index (χ2v) is 6.25. The Kier molecular flexibility index (Phi) is 4.50. The number of hydrogen-bond donors (Lipinski definition) is 1. The molecule has 0 aliphatic rings. The van der Waals surface area contributed by atoms with Gasteiger partial charge in [-0.15, -0.1) is 0 Å². The molecule has 4 aromatic rings. The number of amides is 1. The van der Waals surface area contributed by atoms with E-state index in [1.54, 1.807) is 36.4 Å². The molecule has 0 fully saturated rings. The van der Waals surface area contributed by atoms with Crippen LogP contribution in [-0.2, 0) is 0 Å². The first-order valence-electron chi connectivity index (χ1n) is 8.71. The highest BCUT2D eigenvalue weighted by Gasteiger charge is 2.11. The Morgan fingerprint density at radius 1 is 0.593 bits per heavy atom. The fraction of sp³-hybridized carbons (Fsp3) is 0. The highest BCUT2D eigenvalue weighted by molar-refractivity contribution is 6.13. The van der Waals surface area contributed by atoms with E-state index in [4.69, 9.17) is 0 Å². The average Bonchev–Trinajstić information content (AvgIpc) is 2.74. The maximum atomic E-state index is 12.7. The first kappa shape index (κ1) is 16.7. The predicted octanol–water partition coefficient (Wildman–Crippen LogP) is 5.32. The molecule has 0 saturated heterocycles. The van der Waals surface area contributed by atoms with Gasteiger partial charge in [-0.1, -0.05) is 66.7 Å². The summed E-state index contributed by atoms with van der Waals surface area (Å²) in [5, 5.41) is 4.84. The number of rotatable bonds is 4. The van der Waals surface area contributed by atoms with Crippen molar-refractivity contribution in [3.8, 4) is 0 Å². The monoisotopic (exact) mass is 351 g/mol. The van der Waals surface area contributed by atoms with E-state index in [1.165, 1.54) is 0 Å². The zero-order valence-electron chi connectivity index (χ0n) is 14.6. The molecule has 0 spiro atoms. The lowest BCUT2D eigenvalue weighted by Gasteiger charge is -2.09. The van der Waals surface area contributed by atoms with Gasteiger partial charge in [-0.2, -0.15) is 0 Å². The van der Waals surface area contributed by atoms with Gasteiger partial charge in [-0.3, -0.25) is 9.59 Å². The van der Waals surface area contributed by atoms with Crippen molar-refractivity contribution in [2.45, 2.75) is 0 Å². The summed E-state index contributed by atoms with van der Waals surface area (Å²) in [6, 6.07) is 29.6. The zero-order chi connectivity index (χ0) is 18.6. The van der Waals surface area contributed by atoms with Crippen molar-refractivity contribution < 1.29 is 9.59 Å². The van der Waals surface area contributed by atoms with E-state index < -0.39 is 0 Å². The zero-order valence-corrected chi connectivity index (χ0v) is 14.6. The second kappa shape index (κ2) is 7.26. The molecule has 0 atom stereocenters. The fourth-order valence-electron chi connectivity index (χ4n) is 3.08. The van der Waals surface area contributed by atoms with Crippen LogP contribution < -0.4 is 5.32 Å². The van der Waals surface area contributed by atoms with Crippen LogP contribution in [0.3, 0.4) is 0 Å². The molecule has 1 N–H and O–H groups in total. The Hall–Kier alpha value is -3.72. The van der Waals surface area contributed by atoms with E-state index in [9.17, 15) is 9.59 Å². The van der Waals surface area contributed by atoms with E-state index in [1.807, 2.05) is 60.7 Å². The van der Waals surface area contributed by atoms with E-state index in [0.29, 0.717) is 22.4 Å². The molecular formula is C24H17NO2. The number of carbonyl (C=O) groups is 2. The second-order valence-electron chi connectivity index (χ2n) is 6.25. The van der Waals surface area contributed by atoms with Gasteiger partial charge in [0.2, 0.25) is 0 Å². The molecule has 130 valence electrons. The third-order valence-electron chi connectivity index (χ3n) is 4.48. The van der Waals surface area contributed by atoms with Gasteiger partial charge in [0.25, 0.3) is 5.91 Å². The third kappa shape index (κ3) is 3.48. The Morgan fingerprint density at radius 3 is 2.00 bits per heavy atom. The summed E-state index contributed by atoms with van der Waals surface area (Å²) in [7, 11) is 0. The largest absolute Gasteiger partial charge is 0.322 e. The molecule has 0 heterocycles. The number of ketones is 1. The molecular weight excluding hydrogens is 334 g/mol. The fourth-order valence-corrected chi connectivity index (χ4v) is 3.08. The van der Waals surface area contributed by atoms with Crippen LogP contribution in [0.4, 0.5) is 5.69 Å². The van der Waals surface area contributed by atoms with Crippen molar-refractivity contribution in [1.29, 1.82) is 0 Å². The molecule has 0 radical (unpaired) electrons. The normalized spacial score (nSPS) is 10.5. The van der Waals surface area contributed by atoms with Gasteiger partial charge in [-0.05, 0) is 41.1 Å². The summed E-state index contributed by atoms with van der Waals surface area (Å²) >= 11 is 0. The molecule has 3 heteroatoms. The van der Waals surface area contributed by atoms with Crippen molar-refractivity contribution in [3.63, 3.8) is 0 Å². The Labute approximate surface area is 157 Å². The minimum Gasteiger partial charge on any atom is -0.322 e. The van der Waals surface area contributed by atoms with E-state index in [2.05, 4.69) is 5.32 Å². The summed E-state index contributed by atoms with van der Waals surface area (Å²) < 4.78 is 0. The van der Waals surface area contributed by atoms with Gasteiger partial charge in [-0.25, -0.2) is 0 Å². The van der Waals surface area contributed by atoms with Crippen LogP contribution in [0.2, 0.25) is 0 Å². The Morgan fingerprint density at radius 2 is 1.22 bits per heavy atom. The summed E-state index contributed by atoms with van der Waals surface area (Å²) in [5.41, 5.74) is 2.50. The summed E-state index contributed by atoms with van der Waals surface area (Å²) in [5.74, 6) is -0.212.